The van der Waals surface area contributed by atoms with Crippen molar-refractivity contribution in [2.75, 3.05) is 6.61 Å². The fourth-order valence-corrected chi connectivity index (χ4v) is 3.85. The molecule has 0 aromatic heterocycles. The molecule has 2 unspecified atom stereocenters. The fraction of sp³-hybridized carbons (Fsp3) is 1.00. The summed E-state index contributed by atoms with van der Waals surface area (Å²) in [6.07, 6.45) is 3.30. The Morgan fingerprint density at radius 1 is 1.45 bits per heavy atom. The van der Waals surface area contributed by atoms with Crippen LogP contribution in [0.4, 0.5) is 0 Å². The first-order chi connectivity index (χ1) is 5.04. The van der Waals surface area contributed by atoms with Gasteiger partial charge in [0.05, 0.1) is 12.7 Å². The summed E-state index contributed by atoms with van der Waals surface area (Å²) in [7, 11) is -0.889. The van der Waals surface area contributed by atoms with Gasteiger partial charge in [-0.1, -0.05) is 33.0 Å². The summed E-state index contributed by atoms with van der Waals surface area (Å²) >= 11 is 0. The summed E-state index contributed by atoms with van der Waals surface area (Å²) in [6.45, 7) is 10.7. The summed E-state index contributed by atoms with van der Waals surface area (Å²) in [5.41, 5.74) is 0.968. The quantitative estimate of drug-likeness (QED) is 0.469. The highest BCUT2D eigenvalue weighted by Crippen LogP contribution is 2.33. The highest BCUT2D eigenvalue weighted by atomic mass is 28.3. The topological polar surface area (TPSA) is 12.5 Å². The third-order valence-electron chi connectivity index (χ3n) is 2.67. The lowest BCUT2D eigenvalue weighted by molar-refractivity contribution is 0.389. The standard InChI is InChI=1S/C9H20OSi/c1-5-9(11(2,3)4)6-8-7-10-8/h8-9H,5-7H2,1-4H3. The van der Waals surface area contributed by atoms with E-state index in [-0.39, 0.29) is 0 Å². The predicted molar refractivity (Wildman–Crippen MR) is 51.7 cm³/mol. The maximum Gasteiger partial charge on any atom is 0.0809 e. The fourth-order valence-electron chi connectivity index (χ4n) is 1.65. The molecule has 2 heteroatoms. The van der Waals surface area contributed by atoms with E-state index in [2.05, 4.69) is 26.6 Å². The van der Waals surface area contributed by atoms with Gasteiger partial charge in [-0.15, -0.1) is 0 Å². The Hall–Kier alpha value is 0.177. The molecule has 0 aromatic carbocycles. The Balaban J connectivity index is 2.34. The van der Waals surface area contributed by atoms with Crippen LogP contribution in [-0.2, 0) is 4.74 Å². The molecule has 1 aliphatic rings. The van der Waals surface area contributed by atoms with Crippen molar-refractivity contribution in [1.29, 1.82) is 0 Å². The highest BCUT2D eigenvalue weighted by molar-refractivity contribution is 6.77. The van der Waals surface area contributed by atoms with Gasteiger partial charge in [-0.25, -0.2) is 0 Å². The molecular weight excluding hydrogens is 152 g/mol. The summed E-state index contributed by atoms with van der Waals surface area (Å²) in [5.74, 6) is 0. The minimum atomic E-state index is -0.889. The molecule has 1 fully saturated rings. The van der Waals surface area contributed by atoms with E-state index in [1.54, 1.807) is 0 Å². The molecule has 1 rings (SSSR count). The normalized spacial score (nSPS) is 26.7. The van der Waals surface area contributed by atoms with Gasteiger partial charge in [0, 0.05) is 8.07 Å². The molecule has 1 heterocycles. The second kappa shape index (κ2) is 3.28. The van der Waals surface area contributed by atoms with Gasteiger partial charge >= 0.3 is 0 Å². The lowest BCUT2D eigenvalue weighted by Gasteiger charge is -2.27. The van der Waals surface area contributed by atoms with Crippen LogP contribution in [0.5, 0.6) is 0 Å². The van der Waals surface area contributed by atoms with E-state index in [9.17, 15) is 0 Å². The van der Waals surface area contributed by atoms with Gasteiger partial charge in [0.15, 0.2) is 0 Å². The van der Waals surface area contributed by atoms with Crippen LogP contribution in [0.3, 0.4) is 0 Å². The third-order valence-corrected chi connectivity index (χ3v) is 5.76. The van der Waals surface area contributed by atoms with E-state index in [1.807, 2.05) is 0 Å². The monoisotopic (exact) mass is 172 g/mol. The van der Waals surface area contributed by atoms with Crippen LogP contribution in [0.1, 0.15) is 19.8 Å². The Labute approximate surface area is 71.1 Å². The van der Waals surface area contributed by atoms with Crippen molar-refractivity contribution in [2.45, 2.75) is 51.1 Å². The van der Waals surface area contributed by atoms with Gasteiger partial charge in [0.25, 0.3) is 0 Å². The Morgan fingerprint density at radius 2 is 2.00 bits per heavy atom. The van der Waals surface area contributed by atoms with Crippen LogP contribution in [-0.4, -0.2) is 20.8 Å². The second-order valence-electron chi connectivity index (χ2n) is 4.66. The Kier molecular flexibility index (Phi) is 2.76. The summed E-state index contributed by atoms with van der Waals surface area (Å²) < 4.78 is 5.26. The molecule has 66 valence electrons. The lowest BCUT2D eigenvalue weighted by atomic mass is 10.2. The van der Waals surface area contributed by atoms with E-state index in [0.717, 1.165) is 12.1 Å². The van der Waals surface area contributed by atoms with Crippen molar-refractivity contribution in [3.8, 4) is 0 Å². The van der Waals surface area contributed by atoms with Crippen LogP contribution in [0.2, 0.25) is 25.2 Å². The van der Waals surface area contributed by atoms with Crippen molar-refractivity contribution >= 4 is 8.07 Å². The first kappa shape index (κ1) is 9.27. The van der Waals surface area contributed by atoms with Gasteiger partial charge in [-0.05, 0) is 12.0 Å². The maximum absolute atomic E-state index is 5.26. The average molecular weight is 172 g/mol. The van der Waals surface area contributed by atoms with Gasteiger partial charge in [-0.3, -0.25) is 0 Å². The maximum atomic E-state index is 5.26. The molecule has 0 aromatic rings. The number of ether oxygens (including phenoxy) is 1. The molecule has 0 N–H and O–H groups in total. The predicted octanol–water partition coefficient (Wildman–Crippen LogP) is 2.89. The molecule has 1 saturated heterocycles. The number of epoxide rings is 1. The summed E-state index contributed by atoms with van der Waals surface area (Å²) in [6, 6.07) is 0. The Morgan fingerprint density at radius 3 is 2.27 bits per heavy atom. The van der Waals surface area contributed by atoms with Gasteiger partial charge < -0.3 is 4.74 Å². The van der Waals surface area contributed by atoms with Crippen molar-refractivity contribution < 1.29 is 4.74 Å². The van der Waals surface area contributed by atoms with Crippen LogP contribution < -0.4 is 0 Å². The molecule has 0 saturated carbocycles. The second-order valence-corrected chi connectivity index (χ2v) is 10.2. The molecular formula is C9H20OSi. The molecule has 11 heavy (non-hydrogen) atoms. The van der Waals surface area contributed by atoms with Crippen LogP contribution in [0, 0.1) is 0 Å². The minimum Gasteiger partial charge on any atom is -0.373 e. The number of hydrogen-bond acceptors (Lipinski definition) is 1. The zero-order valence-corrected chi connectivity index (χ0v) is 9.18. The Bertz CT molecular complexity index is 124. The van der Waals surface area contributed by atoms with Gasteiger partial charge in [0.2, 0.25) is 0 Å². The SMILES string of the molecule is CCC(CC1CO1)[Si](C)(C)C. The van der Waals surface area contributed by atoms with Crippen molar-refractivity contribution in [2.24, 2.45) is 0 Å². The first-order valence-corrected chi connectivity index (χ1v) is 8.23. The van der Waals surface area contributed by atoms with Crippen LogP contribution in [0.15, 0.2) is 0 Å². The van der Waals surface area contributed by atoms with Gasteiger partial charge in [-0.2, -0.15) is 0 Å². The van der Waals surface area contributed by atoms with E-state index < -0.39 is 8.07 Å². The van der Waals surface area contributed by atoms with E-state index in [1.165, 1.54) is 12.8 Å². The molecule has 1 aliphatic heterocycles. The molecule has 0 spiro atoms. The molecule has 0 radical (unpaired) electrons. The summed E-state index contributed by atoms with van der Waals surface area (Å²) in [4.78, 5) is 0. The van der Waals surface area contributed by atoms with E-state index in [0.29, 0.717) is 6.10 Å². The molecule has 0 aliphatic carbocycles. The van der Waals surface area contributed by atoms with Crippen molar-refractivity contribution in [3.05, 3.63) is 0 Å². The largest absolute Gasteiger partial charge is 0.373 e. The highest BCUT2D eigenvalue weighted by Gasteiger charge is 2.32. The third kappa shape index (κ3) is 2.95. The zero-order chi connectivity index (χ0) is 8.48. The number of rotatable bonds is 4. The molecule has 0 amide bonds. The van der Waals surface area contributed by atoms with Gasteiger partial charge in [0.1, 0.15) is 0 Å². The lowest BCUT2D eigenvalue weighted by Crippen LogP contribution is -2.28. The van der Waals surface area contributed by atoms with Crippen LogP contribution >= 0.6 is 0 Å². The smallest absolute Gasteiger partial charge is 0.0809 e. The zero-order valence-electron chi connectivity index (χ0n) is 8.18. The van der Waals surface area contributed by atoms with Crippen molar-refractivity contribution in [1.82, 2.24) is 0 Å². The molecule has 2 atom stereocenters. The van der Waals surface area contributed by atoms with Crippen LogP contribution in [0.25, 0.3) is 0 Å². The molecule has 0 bridgehead atoms. The molecule has 1 nitrogen and oxygen atoms in total. The van der Waals surface area contributed by atoms with E-state index >= 15 is 0 Å². The van der Waals surface area contributed by atoms with Crippen molar-refractivity contribution in [3.63, 3.8) is 0 Å². The number of hydrogen-bond donors (Lipinski definition) is 0. The minimum absolute atomic E-state index is 0.631. The summed E-state index contributed by atoms with van der Waals surface area (Å²) in [5, 5.41) is 0. The first-order valence-electron chi connectivity index (χ1n) is 4.65. The van der Waals surface area contributed by atoms with E-state index in [4.69, 9.17) is 4.74 Å². The average Bonchev–Trinajstić information content (AvgIpc) is 2.62.